The van der Waals surface area contributed by atoms with Gasteiger partial charge in [0.15, 0.2) is 5.82 Å². The van der Waals surface area contributed by atoms with Gasteiger partial charge < -0.3 is 10.2 Å². The Balaban J connectivity index is 1.53. The van der Waals surface area contributed by atoms with Crippen molar-refractivity contribution in [1.82, 2.24) is 25.0 Å². The molecule has 202 valence electrons. The minimum Gasteiger partial charge on any atom is -0.336 e. The summed E-state index contributed by atoms with van der Waals surface area (Å²) in [6, 6.07) is 15.3. The van der Waals surface area contributed by atoms with Crippen LogP contribution in [-0.2, 0) is 10.0 Å². The van der Waals surface area contributed by atoms with E-state index in [0.29, 0.717) is 42.0 Å². The molecule has 2 N–H and O–H groups in total. The third-order valence-corrected chi connectivity index (χ3v) is 7.95. The number of carbonyl (C=O) groups is 1. The van der Waals surface area contributed by atoms with E-state index in [1.807, 2.05) is 4.90 Å². The molecule has 0 radical (unpaired) electrons. The predicted octanol–water partition coefficient (Wildman–Crippen LogP) is 3.94. The SMILES string of the molecule is CCCS(=O)(=O)Nc1cccc(-c2cn(-c3ccc(C(=O)N4CCNCC4)cc3)nc2-c2ccncc2)c1F. The summed E-state index contributed by atoms with van der Waals surface area (Å²) in [6.45, 7) is 4.62. The Hall–Kier alpha value is -4.09. The number of halogens is 1. The monoisotopic (exact) mass is 548 g/mol. The van der Waals surface area contributed by atoms with Crippen LogP contribution in [0.15, 0.2) is 73.2 Å². The minimum atomic E-state index is -3.68. The van der Waals surface area contributed by atoms with Gasteiger partial charge in [0.1, 0.15) is 5.69 Å². The summed E-state index contributed by atoms with van der Waals surface area (Å²) in [5, 5.41) is 7.99. The molecule has 1 amide bonds. The fourth-order valence-electron chi connectivity index (χ4n) is 4.54. The van der Waals surface area contributed by atoms with Gasteiger partial charge in [0.05, 0.1) is 17.1 Å². The fourth-order valence-corrected chi connectivity index (χ4v) is 5.67. The van der Waals surface area contributed by atoms with Crippen LogP contribution in [0.25, 0.3) is 28.1 Å². The summed E-state index contributed by atoms with van der Waals surface area (Å²) in [5.41, 5.74) is 3.07. The number of pyridine rings is 1. The number of nitrogens with zero attached hydrogens (tertiary/aromatic N) is 4. The molecule has 3 heterocycles. The summed E-state index contributed by atoms with van der Waals surface area (Å²) in [6.07, 6.45) is 5.36. The van der Waals surface area contributed by atoms with Gasteiger partial charge in [-0.3, -0.25) is 14.5 Å². The van der Waals surface area contributed by atoms with Gasteiger partial charge in [-0.05, 0) is 48.9 Å². The molecule has 5 rings (SSSR count). The summed E-state index contributed by atoms with van der Waals surface area (Å²) < 4.78 is 44.4. The third kappa shape index (κ3) is 5.84. The molecule has 0 bridgehead atoms. The first-order valence-corrected chi connectivity index (χ1v) is 14.4. The maximum atomic E-state index is 15.7. The molecule has 39 heavy (non-hydrogen) atoms. The molecule has 2 aromatic heterocycles. The average molecular weight is 549 g/mol. The molecule has 1 saturated heterocycles. The van der Waals surface area contributed by atoms with Gasteiger partial charge in [-0.25, -0.2) is 17.5 Å². The lowest BCUT2D eigenvalue weighted by Crippen LogP contribution is -2.46. The van der Waals surface area contributed by atoms with Gasteiger partial charge in [-0.2, -0.15) is 5.10 Å². The Kier molecular flexibility index (Phi) is 7.71. The number of carbonyl (C=O) groups excluding carboxylic acids is 1. The normalized spacial score (nSPS) is 13.8. The van der Waals surface area contributed by atoms with Crippen LogP contribution in [0.5, 0.6) is 0 Å². The first-order valence-electron chi connectivity index (χ1n) is 12.8. The second-order valence-corrected chi connectivity index (χ2v) is 11.1. The molecule has 11 heteroatoms. The largest absolute Gasteiger partial charge is 0.336 e. The van der Waals surface area contributed by atoms with Crippen LogP contribution in [-0.4, -0.2) is 65.9 Å². The number of aromatic nitrogens is 3. The molecule has 0 atom stereocenters. The van der Waals surface area contributed by atoms with Crippen LogP contribution in [0.1, 0.15) is 23.7 Å². The van der Waals surface area contributed by atoms with Crippen molar-refractivity contribution in [3.05, 3.63) is 84.6 Å². The van der Waals surface area contributed by atoms with Gasteiger partial charge in [-0.15, -0.1) is 0 Å². The van der Waals surface area contributed by atoms with E-state index in [-0.39, 0.29) is 22.9 Å². The number of anilines is 1. The maximum Gasteiger partial charge on any atom is 0.253 e. The second kappa shape index (κ2) is 11.3. The van der Waals surface area contributed by atoms with E-state index in [9.17, 15) is 13.2 Å². The van der Waals surface area contributed by atoms with Crippen molar-refractivity contribution in [3.8, 4) is 28.1 Å². The Morgan fingerprint density at radius 1 is 1.03 bits per heavy atom. The van der Waals surface area contributed by atoms with Crippen molar-refractivity contribution >= 4 is 21.6 Å². The zero-order valence-electron chi connectivity index (χ0n) is 21.5. The van der Waals surface area contributed by atoms with Gasteiger partial charge >= 0.3 is 0 Å². The van der Waals surface area contributed by atoms with Gasteiger partial charge in [0, 0.05) is 67.0 Å². The van der Waals surface area contributed by atoms with Crippen LogP contribution < -0.4 is 10.0 Å². The number of amides is 1. The molecule has 0 saturated carbocycles. The number of rotatable bonds is 8. The Bertz CT molecular complexity index is 1570. The van der Waals surface area contributed by atoms with Gasteiger partial charge in [0.2, 0.25) is 10.0 Å². The molecule has 0 spiro atoms. The lowest BCUT2D eigenvalue weighted by Gasteiger charge is -2.27. The number of sulfonamides is 1. The average Bonchev–Trinajstić information content (AvgIpc) is 3.40. The lowest BCUT2D eigenvalue weighted by molar-refractivity contribution is 0.0736. The number of hydrogen-bond donors (Lipinski definition) is 2. The number of nitrogens with one attached hydrogen (secondary N) is 2. The molecule has 1 aliphatic rings. The van der Waals surface area contributed by atoms with Crippen molar-refractivity contribution in [2.45, 2.75) is 13.3 Å². The van der Waals surface area contributed by atoms with Gasteiger partial charge in [0.25, 0.3) is 5.91 Å². The summed E-state index contributed by atoms with van der Waals surface area (Å²) in [4.78, 5) is 18.8. The van der Waals surface area contributed by atoms with Gasteiger partial charge in [-0.1, -0.05) is 19.1 Å². The lowest BCUT2D eigenvalue weighted by atomic mass is 10.0. The molecular weight excluding hydrogens is 519 g/mol. The molecule has 1 fully saturated rings. The first-order chi connectivity index (χ1) is 18.9. The highest BCUT2D eigenvalue weighted by atomic mass is 32.2. The van der Waals surface area contributed by atoms with Crippen LogP contribution >= 0.6 is 0 Å². The fraction of sp³-hybridized carbons (Fsp3) is 0.250. The quantitative estimate of drug-likeness (QED) is 0.345. The Morgan fingerprint density at radius 2 is 1.74 bits per heavy atom. The van der Waals surface area contributed by atoms with Crippen molar-refractivity contribution in [3.63, 3.8) is 0 Å². The number of hydrogen-bond acceptors (Lipinski definition) is 6. The van der Waals surface area contributed by atoms with Crippen LogP contribution in [0, 0.1) is 5.82 Å². The highest BCUT2D eigenvalue weighted by Crippen LogP contribution is 2.35. The Morgan fingerprint density at radius 3 is 2.44 bits per heavy atom. The first kappa shape index (κ1) is 26.5. The van der Waals surface area contributed by atoms with Crippen LogP contribution in [0.2, 0.25) is 0 Å². The van der Waals surface area contributed by atoms with E-state index in [1.54, 1.807) is 78.7 Å². The third-order valence-electron chi connectivity index (χ3n) is 6.48. The van der Waals surface area contributed by atoms with Crippen molar-refractivity contribution in [1.29, 1.82) is 0 Å². The van der Waals surface area contributed by atoms with E-state index in [4.69, 9.17) is 5.10 Å². The number of piperazine rings is 1. The molecule has 1 aliphatic heterocycles. The topological polar surface area (TPSA) is 109 Å². The second-order valence-electron chi connectivity index (χ2n) is 9.25. The van der Waals surface area contributed by atoms with E-state index in [2.05, 4.69) is 15.0 Å². The summed E-state index contributed by atoms with van der Waals surface area (Å²) in [5.74, 6) is -0.820. The standard InChI is InChI=1S/C28H29FN6O3S/c1-2-18-39(37,38)33-25-5-3-4-23(26(25)29)24-19-35(32-27(24)20-10-12-30-13-11-20)22-8-6-21(7-9-22)28(36)34-16-14-31-15-17-34/h3-13,19,31,33H,2,14-18H2,1H3. The highest BCUT2D eigenvalue weighted by Gasteiger charge is 2.22. The van der Waals surface area contributed by atoms with Crippen molar-refractivity contribution < 1.29 is 17.6 Å². The molecule has 0 unspecified atom stereocenters. The van der Waals surface area contributed by atoms with E-state index >= 15 is 4.39 Å². The minimum absolute atomic E-state index is 0.0221. The molecular formula is C28H29FN6O3S. The molecule has 4 aromatic rings. The molecule has 9 nitrogen and oxygen atoms in total. The van der Waals surface area contributed by atoms with Crippen LogP contribution in [0.3, 0.4) is 0 Å². The molecule has 0 aliphatic carbocycles. The molecule has 2 aromatic carbocycles. The van der Waals surface area contributed by atoms with Crippen molar-refractivity contribution in [2.24, 2.45) is 0 Å². The van der Waals surface area contributed by atoms with Crippen molar-refractivity contribution in [2.75, 3.05) is 36.7 Å². The summed E-state index contributed by atoms with van der Waals surface area (Å²) >= 11 is 0. The van der Waals surface area contributed by atoms with Crippen LogP contribution in [0.4, 0.5) is 10.1 Å². The maximum absolute atomic E-state index is 15.7. The number of benzene rings is 2. The zero-order valence-corrected chi connectivity index (χ0v) is 22.3. The Labute approximate surface area is 226 Å². The highest BCUT2D eigenvalue weighted by molar-refractivity contribution is 7.92. The van der Waals surface area contributed by atoms with E-state index in [1.165, 1.54) is 6.07 Å². The van der Waals surface area contributed by atoms with E-state index < -0.39 is 15.8 Å². The summed E-state index contributed by atoms with van der Waals surface area (Å²) in [7, 11) is -3.68. The zero-order chi connectivity index (χ0) is 27.4. The predicted molar refractivity (Wildman–Crippen MR) is 149 cm³/mol. The smallest absolute Gasteiger partial charge is 0.253 e. The van der Waals surface area contributed by atoms with E-state index in [0.717, 1.165) is 18.7 Å².